The highest BCUT2D eigenvalue weighted by molar-refractivity contribution is 5.10. The highest BCUT2D eigenvalue weighted by Crippen LogP contribution is 2.24. The van der Waals surface area contributed by atoms with Gasteiger partial charge in [-0.25, -0.2) is 4.98 Å². The molecule has 1 aromatic rings. The first-order valence-corrected chi connectivity index (χ1v) is 5.51. The van der Waals surface area contributed by atoms with Crippen LogP contribution in [0, 0.1) is 6.92 Å². The Hall–Kier alpha value is -0.830. The highest BCUT2D eigenvalue weighted by atomic mass is 16.4. The molecule has 1 aromatic heterocycles. The molecule has 14 heavy (non-hydrogen) atoms. The molecule has 1 unspecified atom stereocenters. The SMILES string of the molecule is CCc1nc(C2CCCCN2)oc1C. The summed E-state index contributed by atoms with van der Waals surface area (Å²) < 4.78 is 5.67. The number of nitrogens with zero attached hydrogens (tertiary/aromatic N) is 1. The smallest absolute Gasteiger partial charge is 0.211 e. The van der Waals surface area contributed by atoms with E-state index in [0.717, 1.165) is 36.7 Å². The summed E-state index contributed by atoms with van der Waals surface area (Å²) in [5.74, 6) is 1.87. The molecule has 2 heterocycles. The molecule has 0 spiro atoms. The summed E-state index contributed by atoms with van der Waals surface area (Å²) in [5.41, 5.74) is 1.10. The predicted molar refractivity (Wildman–Crippen MR) is 55.2 cm³/mol. The van der Waals surface area contributed by atoms with Crippen molar-refractivity contribution in [3.05, 3.63) is 17.3 Å². The minimum absolute atomic E-state index is 0.350. The number of piperidine rings is 1. The Balaban J connectivity index is 2.14. The van der Waals surface area contributed by atoms with E-state index in [1.807, 2.05) is 6.92 Å². The minimum Gasteiger partial charge on any atom is -0.444 e. The van der Waals surface area contributed by atoms with Crippen molar-refractivity contribution >= 4 is 0 Å². The zero-order chi connectivity index (χ0) is 9.97. The van der Waals surface area contributed by atoms with Crippen molar-refractivity contribution < 1.29 is 4.42 Å². The van der Waals surface area contributed by atoms with Crippen LogP contribution in [-0.2, 0) is 6.42 Å². The van der Waals surface area contributed by atoms with Crippen molar-refractivity contribution in [2.45, 2.75) is 45.6 Å². The quantitative estimate of drug-likeness (QED) is 0.785. The van der Waals surface area contributed by atoms with Gasteiger partial charge in [0.2, 0.25) is 5.89 Å². The second-order valence-corrected chi connectivity index (χ2v) is 3.91. The van der Waals surface area contributed by atoms with Crippen LogP contribution in [0.3, 0.4) is 0 Å². The molecule has 1 atom stereocenters. The third kappa shape index (κ3) is 1.82. The van der Waals surface area contributed by atoms with Crippen molar-refractivity contribution in [1.29, 1.82) is 0 Å². The molecule has 1 aliphatic heterocycles. The monoisotopic (exact) mass is 194 g/mol. The third-order valence-electron chi connectivity index (χ3n) is 2.85. The summed E-state index contributed by atoms with van der Waals surface area (Å²) >= 11 is 0. The van der Waals surface area contributed by atoms with E-state index in [2.05, 4.69) is 17.2 Å². The van der Waals surface area contributed by atoms with Crippen molar-refractivity contribution in [3.63, 3.8) is 0 Å². The molecule has 0 amide bonds. The summed E-state index contributed by atoms with van der Waals surface area (Å²) in [4.78, 5) is 4.52. The van der Waals surface area contributed by atoms with Crippen LogP contribution in [0.4, 0.5) is 0 Å². The molecule has 1 N–H and O–H groups in total. The van der Waals surface area contributed by atoms with Crippen LogP contribution in [0.15, 0.2) is 4.42 Å². The average Bonchev–Trinajstić information content (AvgIpc) is 2.61. The lowest BCUT2D eigenvalue weighted by Gasteiger charge is -2.20. The number of aryl methyl sites for hydroxylation is 2. The fourth-order valence-corrected chi connectivity index (χ4v) is 1.99. The maximum Gasteiger partial charge on any atom is 0.211 e. The number of hydrogen-bond donors (Lipinski definition) is 1. The molecule has 0 radical (unpaired) electrons. The minimum atomic E-state index is 0.350. The molecular weight excluding hydrogens is 176 g/mol. The Kier molecular flexibility index (Phi) is 2.87. The molecule has 0 saturated carbocycles. The normalized spacial score (nSPS) is 22.6. The van der Waals surface area contributed by atoms with Crippen LogP contribution in [-0.4, -0.2) is 11.5 Å². The summed E-state index contributed by atoms with van der Waals surface area (Å²) in [6.45, 7) is 5.20. The first-order valence-electron chi connectivity index (χ1n) is 5.51. The number of nitrogens with one attached hydrogen (secondary N) is 1. The molecular formula is C11H18N2O. The van der Waals surface area contributed by atoms with Gasteiger partial charge in [0, 0.05) is 0 Å². The van der Waals surface area contributed by atoms with Gasteiger partial charge in [0.25, 0.3) is 0 Å². The predicted octanol–water partition coefficient (Wildman–Crippen LogP) is 2.36. The standard InChI is InChI=1S/C11H18N2O/c1-3-9-8(2)14-11(13-9)10-6-4-5-7-12-10/h10,12H,3-7H2,1-2H3. The van der Waals surface area contributed by atoms with E-state index in [1.165, 1.54) is 12.8 Å². The number of aromatic nitrogens is 1. The van der Waals surface area contributed by atoms with E-state index in [0.29, 0.717) is 6.04 Å². The molecule has 0 bridgehead atoms. The average molecular weight is 194 g/mol. The fraction of sp³-hybridized carbons (Fsp3) is 0.727. The molecule has 3 nitrogen and oxygen atoms in total. The summed E-state index contributed by atoms with van der Waals surface area (Å²) in [5, 5.41) is 3.44. The first kappa shape index (κ1) is 9.71. The Morgan fingerprint density at radius 2 is 2.36 bits per heavy atom. The van der Waals surface area contributed by atoms with Gasteiger partial charge < -0.3 is 9.73 Å². The summed E-state index contributed by atoms with van der Waals surface area (Å²) in [6.07, 6.45) is 4.67. The Morgan fingerprint density at radius 1 is 1.50 bits per heavy atom. The lowest BCUT2D eigenvalue weighted by atomic mass is 10.1. The first-order chi connectivity index (χ1) is 6.81. The van der Waals surface area contributed by atoms with E-state index >= 15 is 0 Å². The van der Waals surface area contributed by atoms with Gasteiger partial charge in [-0.3, -0.25) is 0 Å². The largest absolute Gasteiger partial charge is 0.444 e. The zero-order valence-electron chi connectivity index (χ0n) is 8.97. The number of rotatable bonds is 2. The van der Waals surface area contributed by atoms with Crippen LogP contribution in [0.1, 0.15) is 49.6 Å². The Labute approximate surface area is 84.9 Å². The van der Waals surface area contributed by atoms with Gasteiger partial charge in [0.15, 0.2) is 0 Å². The van der Waals surface area contributed by atoms with Crippen molar-refractivity contribution in [2.24, 2.45) is 0 Å². The van der Waals surface area contributed by atoms with Gasteiger partial charge in [-0.2, -0.15) is 0 Å². The summed E-state index contributed by atoms with van der Waals surface area (Å²) in [6, 6.07) is 0.350. The second kappa shape index (κ2) is 4.13. The maximum absolute atomic E-state index is 5.67. The van der Waals surface area contributed by atoms with E-state index in [4.69, 9.17) is 4.42 Å². The van der Waals surface area contributed by atoms with E-state index in [-0.39, 0.29) is 0 Å². The Bertz CT molecular complexity index is 300. The second-order valence-electron chi connectivity index (χ2n) is 3.91. The molecule has 2 rings (SSSR count). The van der Waals surface area contributed by atoms with E-state index < -0.39 is 0 Å². The van der Waals surface area contributed by atoms with Crippen LogP contribution in [0.2, 0.25) is 0 Å². The zero-order valence-corrected chi connectivity index (χ0v) is 8.97. The van der Waals surface area contributed by atoms with Crippen molar-refractivity contribution in [2.75, 3.05) is 6.54 Å². The molecule has 1 aliphatic rings. The van der Waals surface area contributed by atoms with Gasteiger partial charge in [0.1, 0.15) is 5.76 Å². The van der Waals surface area contributed by atoms with Crippen molar-refractivity contribution in [1.82, 2.24) is 10.3 Å². The molecule has 0 aromatic carbocycles. The molecule has 1 saturated heterocycles. The van der Waals surface area contributed by atoms with Crippen LogP contribution < -0.4 is 5.32 Å². The third-order valence-corrected chi connectivity index (χ3v) is 2.85. The van der Waals surface area contributed by atoms with E-state index in [9.17, 15) is 0 Å². The van der Waals surface area contributed by atoms with Crippen molar-refractivity contribution in [3.8, 4) is 0 Å². The lowest BCUT2D eigenvalue weighted by molar-refractivity contribution is 0.333. The molecule has 78 valence electrons. The van der Waals surface area contributed by atoms with Gasteiger partial charge in [-0.15, -0.1) is 0 Å². The van der Waals surface area contributed by atoms with Gasteiger partial charge in [-0.05, 0) is 32.7 Å². The lowest BCUT2D eigenvalue weighted by Crippen LogP contribution is -2.26. The topological polar surface area (TPSA) is 38.1 Å². The fourth-order valence-electron chi connectivity index (χ4n) is 1.99. The van der Waals surface area contributed by atoms with Crippen LogP contribution >= 0.6 is 0 Å². The molecule has 1 fully saturated rings. The maximum atomic E-state index is 5.67. The number of hydrogen-bond acceptors (Lipinski definition) is 3. The van der Waals surface area contributed by atoms with Crippen LogP contribution in [0.5, 0.6) is 0 Å². The highest BCUT2D eigenvalue weighted by Gasteiger charge is 2.20. The Morgan fingerprint density at radius 3 is 2.93 bits per heavy atom. The summed E-state index contributed by atoms with van der Waals surface area (Å²) in [7, 11) is 0. The van der Waals surface area contributed by atoms with Gasteiger partial charge in [0.05, 0.1) is 11.7 Å². The molecule has 0 aliphatic carbocycles. The molecule has 3 heteroatoms. The van der Waals surface area contributed by atoms with Gasteiger partial charge in [-0.1, -0.05) is 13.3 Å². The number of oxazole rings is 1. The van der Waals surface area contributed by atoms with Crippen LogP contribution in [0.25, 0.3) is 0 Å². The van der Waals surface area contributed by atoms with E-state index in [1.54, 1.807) is 0 Å². The van der Waals surface area contributed by atoms with Gasteiger partial charge >= 0.3 is 0 Å².